The largest absolute Gasteiger partial charge is 0.507 e. The number of aromatic hydroxyl groups is 1. The van der Waals surface area contributed by atoms with E-state index >= 15 is 0 Å². The van der Waals surface area contributed by atoms with E-state index < -0.39 is 0 Å². The molecule has 10 aromatic carbocycles. The van der Waals surface area contributed by atoms with Crippen LogP contribution in [0.2, 0.25) is 0 Å². The van der Waals surface area contributed by atoms with E-state index in [0.717, 1.165) is 71.4 Å². The zero-order valence-corrected chi connectivity index (χ0v) is 33.5. The van der Waals surface area contributed by atoms with Gasteiger partial charge in [-0.15, -0.1) is 11.3 Å². The fourth-order valence-electron chi connectivity index (χ4n) is 9.78. The molecular weight excluding hydrogens is 763 g/mol. The number of hydrogen-bond acceptors (Lipinski definition) is 4. The molecule has 284 valence electrons. The van der Waals surface area contributed by atoms with Crippen LogP contribution in [0.25, 0.3) is 125 Å². The van der Waals surface area contributed by atoms with Gasteiger partial charge in [-0.3, -0.25) is 0 Å². The lowest BCUT2D eigenvalue weighted by molar-refractivity contribution is 0.477. The Morgan fingerprint density at radius 2 is 1.13 bits per heavy atom. The molecule has 0 aliphatic carbocycles. The van der Waals surface area contributed by atoms with E-state index in [2.05, 4.69) is 168 Å². The number of phenols is 1. The van der Waals surface area contributed by atoms with Crippen molar-refractivity contribution in [1.82, 2.24) is 14.5 Å². The smallest absolute Gasteiger partial charge is 0.160 e. The van der Waals surface area contributed by atoms with Crippen molar-refractivity contribution < 1.29 is 5.11 Å². The SMILES string of the molecule is Oc1ccccc1-c1ccccc1-c1ccc2c(c1)c1cccc3c1c1c2c2ccccc2cc1n3-c1cccc(-c2nc(-c3ccccc3)c3sc4ccccc4c3n2)c1. The van der Waals surface area contributed by atoms with Crippen LogP contribution >= 0.6 is 11.3 Å². The molecule has 5 heteroatoms. The number of thiophene rings is 1. The van der Waals surface area contributed by atoms with E-state index in [0.29, 0.717) is 5.82 Å². The van der Waals surface area contributed by atoms with Gasteiger partial charge in [0.2, 0.25) is 0 Å². The van der Waals surface area contributed by atoms with Gasteiger partial charge in [-0.2, -0.15) is 0 Å². The van der Waals surface area contributed by atoms with Gasteiger partial charge in [-0.1, -0.05) is 152 Å². The number of fused-ring (bicyclic) bond motifs is 8. The number of phenolic OH excluding ortho intramolecular Hbond substituents is 1. The summed E-state index contributed by atoms with van der Waals surface area (Å²) in [6, 6.07) is 68.5. The van der Waals surface area contributed by atoms with Crippen molar-refractivity contribution in [3.63, 3.8) is 0 Å². The lowest BCUT2D eigenvalue weighted by atomic mass is 9.88. The highest BCUT2D eigenvalue weighted by molar-refractivity contribution is 7.26. The Morgan fingerprint density at radius 1 is 0.426 bits per heavy atom. The molecule has 0 amide bonds. The van der Waals surface area contributed by atoms with Gasteiger partial charge < -0.3 is 9.67 Å². The Kier molecular flexibility index (Phi) is 7.30. The van der Waals surface area contributed by atoms with Gasteiger partial charge in [0.25, 0.3) is 0 Å². The Balaban J connectivity index is 1.07. The van der Waals surface area contributed by atoms with Crippen LogP contribution in [0.4, 0.5) is 0 Å². The second-order valence-corrected chi connectivity index (χ2v) is 16.9. The van der Waals surface area contributed by atoms with Gasteiger partial charge >= 0.3 is 0 Å². The zero-order valence-electron chi connectivity index (χ0n) is 32.7. The summed E-state index contributed by atoms with van der Waals surface area (Å²) in [5.74, 6) is 0.979. The summed E-state index contributed by atoms with van der Waals surface area (Å²) in [4.78, 5) is 10.6. The summed E-state index contributed by atoms with van der Waals surface area (Å²) in [5, 5.41) is 21.9. The standard InChI is InChI=1S/C56H33N3OS/c60-48-26-10-8-22-41(48)40-21-7-6-19-38(40)35-28-29-43-45(31-35)42-24-13-25-46-51(42)52-47(32-34-16-4-5-20-39(34)50(43)52)59(46)37-18-12-17-36(30-37)56-57-53(33-14-2-1-3-15-33)55-54(58-56)44-23-9-11-27-49(44)61-55/h1-32,60H. The minimum atomic E-state index is 0.273. The van der Waals surface area contributed by atoms with Gasteiger partial charge in [0, 0.05) is 48.6 Å². The summed E-state index contributed by atoms with van der Waals surface area (Å²) in [6.45, 7) is 0. The molecule has 0 spiro atoms. The molecule has 0 unspecified atom stereocenters. The van der Waals surface area contributed by atoms with E-state index in [1.165, 1.54) is 47.8 Å². The van der Waals surface area contributed by atoms with Crippen LogP contribution in [0.15, 0.2) is 194 Å². The average Bonchev–Trinajstić information content (AvgIpc) is 3.87. The zero-order chi connectivity index (χ0) is 40.2. The third-order valence-electron chi connectivity index (χ3n) is 12.4. The minimum Gasteiger partial charge on any atom is -0.507 e. The maximum atomic E-state index is 10.9. The second-order valence-electron chi connectivity index (χ2n) is 15.8. The first kappa shape index (κ1) is 34.0. The van der Waals surface area contributed by atoms with Gasteiger partial charge in [-0.05, 0) is 86.1 Å². The number of aromatic nitrogens is 3. The van der Waals surface area contributed by atoms with Crippen LogP contribution in [-0.4, -0.2) is 19.6 Å². The molecule has 3 heterocycles. The van der Waals surface area contributed by atoms with Crippen LogP contribution in [0.5, 0.6) is 5.75 Å². The van der Waals surface area contributed by atoms with Gasteiger partial charge in [0.05, 0.1) is 26.9 Å². The topological polar surface area (TPSA) is 50.9 Å². The molecule has 13 aromatic rings. The van der Waals surface area contributed by atoms with Crippen molar-refractivity contribution >= 4 is 85.8 Å². The maximum Gasteiger partial charge on any atom is 0.160 e. The van der Waals surface area contributed by atoms with E-state index in [9.17, 15) is 5.11 Å². The molecule has 0 saturated heterocycles. The predicted octanol–water partition coefficient (Wildman–Crippen LogP) is 15.2. The van der Waals surface area contributed by atoms with Gasteiger partial charge in [-0.25, -0.2) is 9.97 Å². The normalized spacial score (nSPS) is 12.0. The van der Waals surface area contributed by atoms with Crippen molar-refractivity contribution in [2.24, 2.45) is 0 Å². The summed E-state index contributed by atoms with van der Waals surface area (Å²) < 4.78 is 4.74. The van der Waals surface area contributed by atoms with Crippen LogP contribution in [-0.2, 0) is 0 Å². The van der Waals surface area contributed by atoms with Crippen molar-refractivity contribution in [1.29, 1.82) is 0 Å². The summed E-state index contributed by atoms with van der Waals surface area (Å²) >= 11 is 1.76. The summed E-state index contributed by atoms with van der Waals surface area (Å²) in [6.07, 6.45) is 0. The predicted molar refractivity (Wildman–Crippen MR) is 256 cm³/mol. The molecule has 0 atom stereocenters. The lowest BCUT2D eigenvalue weighted by Gasteiger charge is -2.15. The van der Waals surface area contributed by atoms with Crippen molar-refractivity contribution in [3.8, 4) is 56.3 Å². The monoisotopic (exact) mass is 795 g/mol. The fraction of sp³-hybridized carbons (Fsp3) is 0. The highest BCUT2D eigenvalue weighted by Gasteiger charge is 2.23. The highest BCUT2D eigenvalue weighted by Crippen LogP contribution is 2.48. The number of benzene rings is 10. The second kappa shape index (κ2) is 13.1. The Labute approximate surface area is 354 Å². The fourth-order valence-corrected chi connectivity index (χ4v) is 10.9. The highest BCUT2D eigenvalue weighted by atomic mass is 32.1. The molecule has 13 rings (SSSR count). The van der Waals surface area contributed by atoms with Gasteiger partial charge in [0.1, 0.15) is 5.75 Å². The number of hydrogen-bond donors (Lipinski definition) is 1. The molecule has 0 bridgehead atoms. The van der Waals surface area contributed by atoms with Crippen LogP contribution < -0.4 is 0 Å². The molecule has 3 aromatic heterocycles. The molecule has 0 aliphatic heterocycles. The number of para-hydroxylation sites is 1. The van der Waals surface area contributed by atoms with Crippen LogP contribution in [0, 0.1) is 0 Å². The Hall–Kier alpha value is -7.86. The average molecular weight is 796 g/mol. The van der Waals surface area contributed by atoms with E-state index in [1.54, 1.807) is 17.4 Å². The lowest BCUT2D eigenvalue weighted by Crippen LogP contribution is -1.97. The third-order valence-corrected chi connectivity index (χ3v) is 13.6. The molecule has 1 N–H and O–H groups in total. The first-order valence-electron chi connectivity index (χ1n) is 20.5. The quantitative estimate of drug-likeness (QED) is 0.177. The molecule has 0 radical (unpaired) electrons. The maximum absolute atomic E-state index is 10.9. The van der Waals surface area contributed by atoms with Crippen LogP contribution in [0.1, 0.15) is 0 Å². The van der Waals surface area contributed by atoms with Crippen molar-refractivity contribution in [2.45, 2.75) is 0 Å². The van der Waals surface area contributed by atoms with Crippen molar-refractivity contribution in [3.05, 3.63) is 194 Å². The third kappa shape index (κ3) is 5.05. The van der Waals surface area contributed by atoms with E-state index in [-0.39, 0.29) is 5.75 Å². The number of nitrogens with zero attached hydrogens (tertiary/aromatic N) is 3. The van der Waals surface area contributed by atoms with E-state index in [1.807, 2.05) is 24.3 Å². The molecular formula is C56H33N3OS. The summed E-state index contributed by atoms with van der Waals surface area (Å²) in [5.41, 5.74) is 11.4. The Bertz CT molecular complexity index is 3900. The molecule has 4 nitrogen and oxygen atoms in total. The Morgan fingerprint density at radius 3 is 2.02 bits per heavy atom. The first-order valence-corrected chi connectivity index (χ1v) is 21.4. The molecule has 0 aliphatic rings. The van der Waals surface area contributed by atoms with Crippen LogP contribution in [0.3, 0.4) is 0 Å². The van der Waals surface area contributed by atoms with Gasteiger partial charge in [0.15, 0.2) is 5.82 Å². The molecule has 61 heavy (non-hydrogen) atoms. The summed E-state index contributed by atoms with van der Waals surface area (Å²) in [7, 11) is 0. The number of rotatable bonds is 5. The minimum absolute atomic E-state index is 0.273. The van der Waals surface area contributed by atoms with Crippen molar-refractivity contribution in [2.75, 3.05) is 0 Å². The first-order chi connectivity index (χ1) is 30.2. The van der Waals surface area contributed by atoms with E-state index in [4.69, 9.17) is 9.97 Å². The molecule has 0 saturated carbocycles. The molecule has 0 fully saturated rings.